The Morgan fingerprint density at radius 1 is 1.07 bits per heavy atom. The first kappa shape index (κ1) is 19.2. The molecule has 0 unspecified atom stereocenters. The summed E-state index contributed by atoms with van der Waals surface area (Å²) in [7, 11) is 0. The Kier molecular flexibility index (Phi) is 5.63. The molecule has 10 heteroatoms. The maximum absolute atomic E-state index is 12.1. The third-order valence-electron chi connectivity index (χ3n) is 3.89. The molecule has 0 aliphatic carbocycles. The number of oxazole rings is 2. The van der Waals surface area contributed by atoms with E-state index in [9.17, 15) is 9.59 Å². The molecule has 8 nitrogen and oxygen atoms in total. The highest BCUT2D eigenvalue weighted by atomic mass is 32.2. The molecule has 0 saturated carbocycles. The van der Waals surface area contributed by atoms with E-state index in [1.54, 1.807) is 6.92 Å². The van der Waals surface area contributed by atoms with Crippen molar-refractivity contribution in [2.75, 3.05) is 5.75 Å². The van der Waals surface area contributed by atoms with E-state index in [4.69, 9.17) is 8.83 Å². The van der Waals surface area contributed by atoms with Crippen LogP contribution in [0.5, 0.6) is 0 Å². The van der Waals surface area contributed by atoms with Gasteiger partial charge in [-0.1, -0.05) is 30.0 Å². The van der Waals surface area contributed by atoms with Crippen molar-refractivity contribution in [3.8, 4) is 10.8 Å². The van der Waals surface area contributed by atoms with Gasteiger partial charge in [0.1, 0.15) is 11.3 Å². The first-order valence-electron chi connectivity index (χ1n) is 8.65. The highest BCUT2D eigenvalue weighted by Gasteiger charge is 2.16. The molecule has 29 heavy (non-hydrogen) atoms. The number of hydrazine groups is 1. The molecule has 4 aromatic rings. The van der Waals surface area contributed by atoms with Gasteiger partial charge in [-0.05, 0) is 30.5 Å². The molecule has 4 rings (SSSR count). The Labute approximate surface area is 173 Å². The van der Waals surface area contributed by atoms with Crippen LogP contribution in [0.2, 0.25) is 0 Å². The van der Waals surface area contributed by atoms with Gasteiger partial charge in [0.05, 0.1) is 22.7 Å². The van der Waals surface area contributed by atoms with Gasteiger partial charge in [0.15, 0.2) is 5.58 Å². The molecular formula is C19H16N4O4S2. The Balaban J connectivity index is 1.25. The lowest BCUT2D eigenvalue weighted by Gasteiger charge is -2.05. The van der Waals surface area contributed by atoms with Gasteiger partial charge in [-0.15, -0.1) is 11.3 Å². The number of fused-ring (bicyclic) bond motifs is 1. The van der Waals surface area contributed by atoms with Crippen molar-refractivity contribution >= 4 is 46.0 Å². The monoisotopic (exact) mass is 428 g/mol. The van der Waals surface area contributed by atoms with Gasteiger partial charge in [0, 0.05) is 0 Å². The second kappa shape index (κ2) is 8.50. The lowest BCUT2D eigenvalue weighted by atomic mass is 10.2. The average Bonchev–Trinajstić information content (AvgIpc) is 3.44. The van der Waals surface area contributed by atoms with Crippen molar-refractivity contribution in [3.05, 3.63) is 53.2 Å². The Hall–Kier alpha value is -3.11. The summed E-state index contributed by atoms with van der Waals surface area (Å²) >= 11 is 2.65. The summed E-state index contributed by atoms with van der Waals surface area (Å²) in [6.07, 6.45) is -0.000734. The van der Waals surface area contributed by atoms with Crippen molar-refractivity contribution < 1.29 is 18.4 Å². The second-order valence-electron chi connectivity index (χ2n) is 6.01. The van der Waals surface area contributed by atoms with Crippen LogP contribution in [-0.4, -0.2) is 27.5 Å². The summed E-state index contributed by atoms with van der Waals surface area (Å²) in [4.78, 5) is 33.6. The summed E-state index contributed by atoms with van der Waals surface area (Å²) in [5, 5.41) is 2.32. The highest BCUT2D eigenvalue weighted by Crippen LogP contribution is 2.26. The molecule has 1 aromatic carbocycles. The van der Waals surface area contributed by atoms with Gasteiger partial charge in [-0.3, -0.25) is 20.4 Å². The van der Waals surface area contributed by atoms with Crippen LogP contribution < -0.4 is 10.9 Å². The van der Waals surface area contributed by atoms with Gasteiger partial charge in [-0.2, -0.15) is 0 Å². The van der Waals surface area contributed by atoms with Gasteiger partial charge in [0.2, 0.25) is 17.7 Å². The fourth-order valence-electron chi connectivity index (χ4n) is 2.51. The molecular weight excluding hydrogens is 412 g/mol. The maximum Gasteiger partial charge on any atom is 0.257 e. The number of benzene rings is 1. The van der Waals surface area contributed by atoms with Gasteiger partial charge >= 0.3 is 0 Å². The first-order valence-corrected chi connectivity index (χ1v) is 10.5. The van der Waals surface area contributed by atoms with Crippen LogP contribution in [0.1, 0.15) is 11.5 Å². The zero-order chi connectivity index (χ0) is 20.2. The third-order valence-corrected chi connectivity index (χ3v) is 5.58. The molecule has 148 valence electrons. The Morgan fingerprint density at radius 2 is 1.90 bits per heavy atom. The SMILES string of the molecule is Cc1oc(-c2cccs2)nc1CC(=O)NNC(=O)CSc1nc2ccccc2o1. The van der Waals surface area contributed by atoms with E-state index in [1.807, 2.05) is 41.8 Å². The number of hydrogen-bond donors (Lipinski definition) is 2. The van der Waals surface area contributed by atoms with Crippen LogP contribution in [0.3, 0.4) is 0 Å². The van der Waals surface area contributed by atoms with Crippen molar-refractivity contribution in [2.24, 2.45) is 0 Å². The number of nitrogens with zero attached hydrogens (tertiary/aromatic N) is 2. The molecule has 0 saturated heterocycles. The van der Waals surface area contributed by atoms with E-state index in [-0.39, 0.29) is 24.0 Å². The minimum Gasteiger partial charge on any atom is -0.440 e. The quantitative estimate of drug-likeness (QED) is 0.358. The van der Waals surface area contributed by atoms with E-state index in [1.165, 1.54) is 11.3 Å². The highest BCUT2D eigenvalue weighted by molar-refractivity contribution is 7.99. The number of para-hydroxylation sites is 2. The molecule has 2 amide bonds. The lowest BCUT2D eigenvalue weighted by molar-refractivity contribution is -0.127. The molecule has 0 aliphatic heterocycles. The molecule has 0 fully saturated rings. The molecule has 0 atom stereocenters. The smallest absolute Gasteiger partial charge is 0.257 e. The number of thioether (sulfide) groups is 1. The van der Waals surface area contributed by atoms with Crippen molar-refractivity contribution in [1.82, 2.24) is 20.8 Å². The number of nitrogens with one attached hydrogen (secondary N) is 2. The maximum atomic E-state index is 12.1. The fourth-order valence-corrected chi connectivity index (χ4v) is 3.80. The standard InChI is InChI=1S/C19H16N4O4S2/c1-11-13(20-18(26-11)15-7-4-8-28-15)9-16(24)22-23-17(25)10-29-19-21-12-5-2-3-6-14(12)27-19/h2-8H,9-10H2,1H3,(H,22,24)(H,23,25). The number of aryl methyl sites for hydroxylation is 1. The van der Waals surface area contributed by atoms with E-state index in [2.05, 4.69) is 20.8 Å². The number of rotatable bonds is 6. The van der Waals surface area contributed by atoms with E-state index >= 15 is 0 Å². The van der Waals surface area contributed by atoms with Crippen LogP contribution in [-0.2, 0) is 16.0 Å². The Morgan fingerprint density at radius 3 is 2.69 bits per heavy atom. The van der Waals surface area contributed by atoms with Crippen LogP contribution in [0.25, 0.3) is 21.9 Å². The predicted octanol–water partition coefficient (Wildman–Crippen LogP) is 3.33. The molecule has 0 spiro atoms. The minimum absolute atomic E-state index is 0.000734. The topological polar surface area (TPSA) is 110 Å². The second-order valence-corrected chi connectivity index (χ2v) is 7.88. The van der Waals surface area contributed by atoms with Crippen LogP contribution in [0, 0.1) is 6.92 Å². The normalized spacial score (nSPS) is 10.9. The third kappa shape index (κ3) is 4.66. The van der Waals surface area contributed by atoms with Crippen LogP contribution in [0.4, 0.5) is 0 Å². The molecule has 0 radical (unpaired) electrons. The first-order chi connectivity index (χ1) is 14.1. The van der Waals surface area contributed by atoms with Crippen molar-refractivity contribution in [3.63, 3.8) is 0 Å². The zero-order valence-corrected chi connectivity index (χ0v) is 16.9. The van der Waals surface area contributed by atoms with E-state index in [0.29, 0.717) is 28.2 Å². The van der Waals surface area contributed by atoms with Crippen molar-refractivity contribution in [1.29, 1.82) is 0 Å². The summed E-state index contributed by atoms with van der Waals surface area (Å²) in [5.74, 6) is 0.347. The molecule has 0 aliphatic rings. The number of aromatic nitrogens is 2. The van der Waals surface area contributed by atoms with E-state index < -0.39 is 0 Å². The summed E-state index contributed by atoms with van der Waals surface area (Å²) < 4.78 is 11.1. The number of carbonyl (C=O) groups excluding carboxylic acids is 2. The summed E-state index contributed by atoms with van der Waals surface area (Å²) in [6, 6.07) is 11.2. The van der Waals surface area contributed by atoms with Crippen LogP contribution in [0.15, 0.2) is 55.8 Å². The van der Waals surface area contributed by atoms with E-state index in [0.717, 1.165) is 22.2 Å². The number of carbonyl (C=O) groups is 2. The molecule has 3 heterocycles. The van der Waals surface area contributed by atoms with Gasteiger partial charge in [0.25, 0.3) is 5.22 Å². The molecule has 0 bridgehead atoms. The summed E-state index contributed by atoms with van der Waals surface area (Å²) in [6.45, 7) is 1.75. The number of hydrogen-bond acceptors (Lipinski definition) is 8. The van der Waals surface area contributed by atoms with Gasteiger partial charge in [-0.25, -0.2) is 9.97 Å². The zero-order valence-electron chi connectivity index (χ0n) is 15.3. The fraction of sp³-hybridized carbons (Fsp3) is 0.158. The molecule has 3 aromatic heterocycles. The van der Waals surface area contributed by atoms with Crippen LogP contribution >= 0.6 is 23.1 Å². The lowest BCUT2D eigenvalue weighted by Crippen LogP contribution is -2.43. The minimum atomic E-state index is -0.389. The number of thiophene rings is 1. The van der Waals surface area contributed by atoms with Crippen molar-refractivity contribution in [2.45, 2.75) is 18.6 Å². The number of amides is 2. The van der Waals surface area contributed by atoms with Gasteiger partial charge < -0.3 is 8.83 Å². The summed E-state index contributed by atoms with van der Waals surface area (Å²) in [5.41, 5.74) is 6.68. The predicted molar refractivity (Wildman–Crippen MR) is 109 cm³/mol. The average molecular weight is 428 g/mol. The molecule has 2 N–H and O–H groups in total. The largest absolute Gasteiger partial charge is 0.440 e. The Bertz CT molecular complexity index is 1120.